The second-order valence-electron chi connectivity index (χ2n) is 5.93. The van der Waals surface area contributed by atoms with Crippen molar-refractivity contribution in [3.05, 3.63) is 58.3 Å². The van der Waals surface area contributed by atoms with E-state index in [9.17, 15) is 9.59 Å². The van der Waals surface area contributed by atoms with E-state index in [2.05, 4.69) is 10.3 Å². The Balaban J connectivity index is 2.04. The number of carbonyl (C=O) groups is 2. The molecule has 0 aliphatic carbocycles. The highest BCUT2D eigenvalue weighted by Crippen LogP contribution is 2.44. The average Bonchev–Trinajstić information content (AvgIpc) is 3.03. The van der Waals surface area contributed by atoms with E-state index in [0.29, 0.717) is 17.8 Å². The van der Waals surface area contributed by atoms with Crippen LogP contribution in [0.3, 0.4) is 0 Å². The number of thioether (sulfide) groups is 1. The predicted octanol–water partition coefficient (Wildman–Crippen LogP) is 2.96. The highest BCUT2D eigenvalue weighted by Gasteiger charge is 2.40. The van der Waals surface area contributed by atoms with Crippen LogP contribution < -0.4 is 5.32 Å². The summed E-state index contributed by atoms with van der Waals surface area (Å²) in [5.41, 5.74) is 2.90. The summed E-state index contributed by atoms with van der Waals surface area (Å²) in [4.78, 5) is 31.2. The van der Waals surface area contributed by atoms with Crippen LogP contribution >= 0.6 is 11.8 Å². The fourth-order valence-corrected chi connectivity index (χ4v) is 4.08. The van der Waals surface area contributed by atoms with Crippen molar-refractivity contribution in [2.75, 3.05) is 13.7 Å². The minimum absolute atomic E-state index is 0.0571. The first kappa shape index (κ1) is 18.3. The first-order chi connectivity index (χ1) is 12.6. The number of ether oxygens (including phenoxy) is 1. The second-order valence-corrected chi connectivity index (χ2v) is 6.76. The number of hydrogen-bond acceptors (Lipinski definition) is 6. The van der Waals surface area contributed by atoms with Crippen molar-refractivity contribution in [1.82, 2.24) is 10.2 Å². The lowest BCUT2D eigenvalue weighted by Gasteiger charge is -2.36. The molecular weight excluding hydrogens is 350 g/mol. The van der Waals surface area contributed by atoms with Crippen molar-refractivity contribution < 1.29 is 14.3 Å². The van der Waals surface area contributed by atoms with E-state index >= 15 is 0 Å². The summed E-state index contributed by atoms with van der Waals surface area (Å²) in [6.07, 6.45) is 0.233. The van der Waals surface area contributed by atoms with E-state index in [0.717, 1.165) is 16.4 Å². The van der Waals surface area contributed by atoms with Gasteiger partial charge in [0.05, 0.1) is 30.8 Å². The molecule has 0 bridgehead atoms. The zero-order valence-corrected chi connectivity index (χ0v) is 15.8. The number of methoxy groups -OCH3 is 1. The van der Waals surface area contributed by atoms with E-state index < -0.39 is 5.97 Å². The summed E-state index contributed by atoms with van der Waals surface area (Å²) in [7, 11) is 1.37. The molecule has 1 aromatic rings. The summed E-state index contributed by atoms with van der Waals surface area (Å²) in [5.74, 6) is -0.466. The predicted molar refractivity (Wildman–Crippen MR) is 102 cm³/mol. The van der Waals surface area contributed by atoms with E-state index in [-0.39, 0.29) is 18.4 Å². The van der Waals surface area contributed by atoms with Gasteiger partial charge in [0.15, 0.2) is 5.17 Å². The minimum atomic E-state index is -0.409. The number of aliphatic imine (C=N–C) groups is 1. The maximum atomic E-state index is 12.5. The largest absolute Gasteiger partial charge is 0.466 e. The number of amidine groups is 1. The number of rotatable bonds is 5. The van der Waals surface area contributed by atoms with Crippen molar-refractivity contribution in [3.8, 4) is 0 Å². The number of esters is 1. The van der Waals surface area contributed by atoms with E-state index in [1.807, 2.05) is 54.5 Å². The first-order valence-electron chi connectivity index (χ1n) is 8.41. The molecule has 26 heavy (non-hydrogen) atoms. The number of carbonyl (C=O) groups excluding carboxylic acids is 2. The molecule has 1 N–H and O–H groups in total. The van der Waals surface area contributed by atoms with Crippen LogP contribution in [0.5, 0.6) is 0 Å². The summed E-state index contributed by atoms with van der Waals surface area (Å²) in [5, 5.41) is 5.51. The molecule has 3 rings (SSSR count). The maximum Gasteiger partial charge on any atom is 0.338 e. The summed E-state index contributed by atoms with van der Waals surface area (Å²) in [6.45, 7) is 4.28. The number of nitrogens with zero attached hydrogens (tertiary/aromatic N) is 2. The molecule has 0 spiro atoms. The third-order valence-electron chi connectivity index (χ3n) is 4.24. The van der Waals surface area contributed by atoms with Crippen LogP contribution in [0.4, 0.5) is 0 Å². The van der Waals surface area contributed by atoms with E-state index in [1.165, 1.54) is 18.9 Å². The molecular formula is C19H21N3O3S. The molecule has 1 atom stereocenters. The van der Waals surface area contributed by atoms with Crippen LogP contribution in [0, 0.1) is 0 Å². The molecule has 6 nitrogen and oxygen atoms in total. The van der Waals surface area contributed by atoms with Gasteiger partial charge in [0, 0.05) is 12.2 Å². The normalized spacial score (nSPS) is 18.9. The summed E-state index contributed by atoms with van der Waals surface area (Å²) < 4.78 is 5.02. The van der Waals surface area contributed by atoms with E-state index in [1.54, 1.807) is 0 Å². The Morgan fingerprint density at radius 2 is 2.04 bits per heavy atom. The van der Waals surface area contributed by atoms with Gasteiger partial charge in [-0.25, -0.2) is 9.79 Å². The van der Waals surface area contributed by atoms with Crippen molar-refractivity contribution in [2.45, 2.75) is 26.3 Å². The molecule has 2 aliphatic heterocycles. The zero-order valence-electron chi connectivity index (χ0n) is 15.0. The van der Waals surface area contributed by atoms with Gasteiger partial charge in [-0.05, 0) is 24.8 Å². The molecule has 1 amide bonds. The van der Waals surface area contributed by atoms with Crippen LogP contribution in [0.2, 0.25) is 0 Å². The van der Waals surface area contributed by atoms with Crippen LogP contribution in [0.15, 0.2) is 57.7 Å². The Kier molecular flexibility index (Phi) is 5.46. The lowest BCUT2D eigenvalue weighted by atomic mass is 9.94. The fraction of sp³-hybridized carbons (Fsp3) is 0.316. The smallest absolute Gasteiger partial charge is 0.338 e. The van der Waals surface area contributed by atoms with Gasteiger partial charge in [-0.15, -0.1) is 0 Å². The van der Waals surface area contributed by atoms with Gasteiger partial charge < -0.3 is 15.0 Å². The number of benzene rings is 1. The van der Waals surface area contributed by atoms with Gasteiger partial charge in [0.2, 0.25) is 5.91 Å². The molecule has 0 aromatic heterocycles. The SMILES string of the molecule is CCNC(=O)CC1=CSC2=NC(C)=C(C(=O)OC)C(c3ccccc3)N12. The minimum Gasteiger partial charge on any atom is -0.466 e. The number of fused-ring (bicyclic) bond motifs is 1. The molecule has 0 saturated heterocycles. The van der Waals surface area contributed by atoms with Gasteiger partial charge in [-0.2, -0.15) is 0 Å². The van der Waals surface area contributed by atoms with Crippen molar-refractivity contribution >= 4 is 28.8 Å². The maximum absolute atomic E-state index is 12.5. The molecule has 136 valence electrons. The van der Waals surface area contributed by atoms with Crippen molar-refractivity contribution in [2.24, 2.45) is 4.99 Å². The first-order valence-corrected chi connectivity index (χ1v) is 9.29. The number of allylic oxidation sites excluding steroid dienone is 1. The number of amides is 1. The van der Waals surface area contributed by atoms with Crippen LogP contribution in [-0.2, 0) is 14.3 Å². The second kappa shape index (κ2) is 7.78. The lowest BCUT2D eigenvalue weighted by Crippen LogP contribution is -2.37. The Bertz CT molecular complexity index is 815. The highest BCUT2D eigenvalue weighted by atomic mass is 32.2. The Morgan fingerprint density at radius 3 is 2.69 bits per heavy atom. The quantitative estimate of drug-likeness (QED) is 0.806. The van der Waals surface area contributed by atoms with Gasteiger partial charge in [0.1, 0.15) is 0 Å². The van der Waals surface area contributed by atoms with Crippen LogP contribution in [-0.4, -0.2) is 35.6 Å². The standard InChI is InChI=1S/C19H21N3O3S/c1-4-20-15(23)10-14-11-26-19-21-12(2)16(18(24)25-3)17(22(14)19)13-8-6-5-7-9-13/h5-9,11,17H,4,10H2,1-3H3,(H,20,23). The third kappa shape index (κ3) is 3.39. The molecule has 0 saturated carbocycles. The van der Waals surface area contributed by atoms with Gasteiger partial charge in [-0.3, -0.25) is 4.79 Å². The third-order valence-corrected chi connectivity index (χ3v) is 5.13. The number of hydrogen-bond donors (Lipinski definition) is 1. The molecule has 0 fully saturated rings. The van der Waals surface area contributed by atoms with Crippen molar-refractivity contribution in [1.29, 1.82) is 0 Å². The molecule has 7 heteroatoms. The van der Waals surface area contributed by atoms with Crippen molar-refractivity contribution in [3.63, 3.8) is 0 Å². The topological polar surface area (TPSA) is 71.0 Å². The van der Waals surface area contributed by atoms with Gasteiger partial charge in [0.25, 0.3) is 0 Å². The fourth-order valence-electron chi connectivity index (χ4n) is 3.12. The number of nitrogens with one attached hydrogen (secondary N) is 1. The Hall–Kier alpha value is -2.54. The Labute approximate surface area is 157 Å². The molecule has 0 radical (unpaired) electrons. The molecule has 1 aromatic carbocycles. The highest BCUT2D eigenvalue weighted by molar-refractivity contribution is 8.16. The average molecular weight is 371 g/mol. The molecule has 1 unspecified atom stereocenters. The van der Waals surface area contributed by atoms with Crippen LogP contribution in [0.1, 0.15) is 31.9 Å². The van der Waals surface area contributed by atoms with Gasteiger partial charge >= 0.3 is 5.97 Å². The Morgan fingerprint density at radius 1 is 1.31 bits per heavy atom. The van der Waals surface area contributed by atoms with Gasteiger partial charge in [-0.1, -0.05) is 42.1 Å². The molecule has 2 heterocycles. The van der Waals surface area contributed by atoms with E-state index in [4.69, 9.17) is 4.74 Å². The zero-order chi connectivity index (χ0) is 18.7. The lowest BCUT2D eigenvalue weighted by molar-refractivity contribution is -0.136. The summed E-state index contributed by atoms with van der Waals surface area (Å²) in [6, 6.07) is 9.36. The molecule has 2 aliphatic rings. The summed E-state index contributed by atoms with van der Waals surface area (Å²) >= 11 is 1.47. The monoisotopic (exact) mass is 371 g/mol. The van der Waals surface area contributed by atoms with Crippen LogP contribution in [0.25, 0.3) is 0 Å².